The first-order chi connectivity index (χ1) is 14.0. The summed E-state index contributed by atoms with van der Waals surface area (Å²) < 4.78 is 17.8. The van der Waals surface area contributed by atoms with Crippen molar-refractivity contribution >= 4 is 39.1 Å². The molecule has 7 nitrogen and oxygen atoms in total. The van der Waals surface area contributed by atoms with Gasteiger partial charge in [0.2, 0.25) is 5.78 Å². The molecular formula is C22H27NO6S. The number of thiophene rings is 1. The van der Waals surface area contributed by atoms with Crippen molar-refractivity contribution in [2.75, 3.05) is 6.61 Å². The summed E-state index contributed by atoms with van der Waals surface area (Å²) in [7, 11) is 0. The van der Waals surface area contributed by atoms with Crippen LogP contribution in [-0.2, 0) is 35.2 Å². The molecule has 1 amide bonds. The largest absolute Gasteiger partial charge is 0.449 e. The molecule has 1 saturated heterocycles. The van der Waals surface area contributed by atoms with Gasteiger partial charge in [-0.3, -0.25) is 9.59 Å². The van der Waals surface area contributed by atoms with Gasteiger partial charge < -0.3 is 19.9 Å². The van der Waals surface area contributed by atoms with E-state index in [1.54, 1.807) is 11.3 Å². The van der Waals surface area contributed by atoms with E-state index in [9.17, 15) is 14.4 Å². The molecule has 2 N–H and O–H groups in total. The number of carbonyl (C=O) groups excluding carboxylic acids is 3. The fourth-order valence-electron chi connectivity index (χ4n) is 3.35. The number of hydrogen-bond donors (Lipinski definition) is 1. The molecule has 1 aliphatic rings. The van der Waals surface area contributed by atoms with Crippen molar-refractivity contribution in [1.82, 2.24) is 0 Å². The number of Topliss-reactive ketones (excluding diaryl/α,β-unsaturated/α-hetero) is 1. The van der Waals surface area contributed by atoms with Crippen LogP contribution in [0.25, 0.3) is 10.1 Å². The predicted molar refractivity (Wildman–Crippen MR) is 113 cm³/mol. The van der Waals surface area contributed by atoms with Gasteiger partial charge in [0.15, 0.2) is 17.8 Å². The van der Waals surface area contributed by atoms with E-state index in [0.717, 1.165) is 15.6 Å². The smallest absolute Gasteiger partial charge is 0.336 e. The minimum atomic E-state index is -1.68. The van der Waals surface area contributed by atoms with E-state index in [-0.39, 0.29) is 18.6 Å². The van der Waals surface area contributed by atoms with E-state index >= 15 is 0 Å². The van der Waals surface area contributed by atoms with Crippen molar-refractivity contribution in [1.29, 1.82) is 0 Å². The topological polar surface area (TPSA) is 105 Å². The van der Waals surface area contributed by atoms with Gasteiger partial charge in [-0.25, -0.2) is 4.79 Å². The van der Waals surface area contributed by atoms with E-state index in [1.807, 2.05) is 50.4 Å². The molecule has 3 atom stereocenters. The highest BCUT2D eigenvalue weighted by Crippen LogP contribution is 2.30. The number of benzene rings is 1. The lowest BCUT2D eigenvalue weighted by Gasteiger charge is -2.29. The molecule has 0 spiro atoms. The van der Waals surface area contributed by atoms with Crippen LogP contribution in [-0.4, -0.2) is 42.1 Å². The monoisotopic (exact) mass is 433 g/mol. The molecule has 8 heteroatoms. The molecule has 1 fully saturated rings. The standard InChI is InChI=1S/C22H27NO6S/c1-21(2,3)9-16(27-10-13-12-30-17-8-6-5-7-14(13)17)19(25)29-18-15(24)11-28-22(18,4)20(23)26/h5-8,12,16,18H,9-11H2,1-4H3,(H2,23,26). The Morgan fingerprint density at radius 1 is 1.33 bits per heavy atom. The maximum atomic E-state index is 13.0. The van der Waals surface area contributed by atoms with Crippen molar-refractivity contribution in [3.05, 3.63) is 35.2 Å². The van der Waals surface area contributed by atoms with E-state index in [0.29, 0.717) is 6.42 Å². The molecule has 2 heterocycles. The van der Waals surface area contributed by atoms with Gasteiger partial charge in [-0.05, 0) is 41.2 Å². The first kappa shape index (κ1) is 22.4. The number of ketones is 1. The third-order valence-corrected chi connectivity index (χ3v) is 6.10. The number of hydrogen-bond acceptors (Lipinski definition) is 7. The molecule has 0 aliphatic carbocycles. The van der Waals surface area contributed by atoms with Crippen LogP contribution in [0.4, 0.5) is 0 Å². The van der Waals surface area contributed by atoms with E-state index < -0.39 is 35.5 Å². The summed E-state index contributed by atoms with van der Waals surface area (Å²) in [5.41, 5.74) is 4.44. The molecule has 2 aromatic rings. The van der Waals surface area contributed by atoms with Gasteiger partial charge in [-0.1, -0.05) is 39.0 Å². The minimum absolute atomic E-state index is 0.224. The van der Waals surface area contributed by atoms with Crippen molar-refractivity contribution in [3.8, 4) is 0 Å². The van der Waals surface area contributed by atoms with Gasteiger partial charge in [0.25, 0.3) is 5.91 Å². The van der Waals surface area contributed by atoms with Crippen molar-refractivity contribution in [3.63, 3.8) is 0 Å². The van der Waals surface area contributed by atoms with Crippen LogP contribution in [0.5, 0.6) is 0 Å². The second-order valence-corrected chi connectivity index (χ2v) is 9.78. The Morgan fingerprint density at radius 3 is 2.70 bits per heavy atom. The molecule has 0 saturated carbocycles. The lowest BCUT2D eigenvalue weighted by molar-refractivity contribution is -0.177. The average Bonchev–Trinajstić information content (AvgIpc) is 3.21. The molecule has 1 aliphatic heterocycles. The van der Waals surface area contributed by atoms with E-state index in [1.165, 1.54) is 6.92 Å². The Bertz CT molecular complexity index is 962. The maximum Gasteiger partial charge on any atom is 0.336 e. The van der Waals surface area contributed by atoms with Gasteiger partial charge in [-0.15, -0.1) is 11.3 Å². The summed E-state index contributed by atoms with van der Waals surface area (Å²) in [5, 5.41) is 3.08. The number of rotatable bonds is 7. The normalized spacial score (nSPS) is 22.9. The molecule has 1 aromatic heterocycles. The highest BCUT2D eigenvalue weighted by Gasteiger charge is 2.54. The van der Waals surface area contributed by atoms with Crippen molar-refractivity contribution < 1.29 is 28.6 Å². The molecular weight excluding hydrogens is 406 g/mol. The van der Waals surface area contributed by atoms with Crippen molar-refractivity contribution in [2.24, 2.45) is 11.1 Å². The summed E-state index contributed by atoms with van der Waals surface area (Å²) in [6.45, 7) is 7.19. The van der Waals surface area contributed by atoms with Crippen LogP contribution < -0.4 is 5.73 Å². The van der Waals surface area contributed by atoms with Crippen molar-refractivity contribution in [2.45, 2.75) is 58.5 Å². The highest BCUT2D eigenvalue weighted by atomic mass is 32.1. The number of carbonyl (C=O) groups is 3. The van der Waals surface area contributed by atoms with Crippen LogP contribution in [0.1, 0.15) is 39.7 Å². The molecule has 3 rings (SSSR count). The first-order valence-electron chi connectivity index (χ1n) is 9.75. The van der Waals surface area contributed by atoms with Gasteiger partial charge in [0.05, 0.1) is 6.61 Å². The summed E-state index contributed by atoms with van der Waals surface area (Å²) in [6.07, 6.45) is -1.91. The van der Waals surface area contributed by atoms with Crippen LogP contribution in [0.2, 0.25) is 0 Å². The molecule has 1 aromatic carbocycles. The zero-order valence-electron chi connectivity index (χ0n) is 17.6. The Morgan fingerprint density at radius 2 is 2.03 bits per heavy atom. The lowest BCUT2D eigenvalue weighted by Crippen LogP contribution is -2.53. The second-order valence-electron chi connectivity index (χ2n) is 8.86. The molecule has 0 bridgehead atoms. The van der Waals surface area contributed by atoms with Gasteiger partial charge in [-0.2, -0.15) is 0 Å². The van der Waals surface area contributed by atoms with Crippen LogP contribution in [0.3, 0.4) is 0 Å². The highest BCUT2D eigenvalue weighted by molar-refractivity contribution is 7.17. The SMILES string of the molecule is CC(C)(C)CC(OCc1csc2ccccc12)C(=O)OC1C(=O)COC1(C)C(N)=O. The number of fused-ring (bicyclic) bond motifs is 1. The molecule has 0 radical (unpaired) electrons. The minimum Gasteiger partial charge on any atom is -0.449 e. The van der Waals surface area contributed by atoms with Gasteiger partial charge in [0.1, 0.15) is 6.61 Å². The first-order valence-corrected chi connectivity index (χ1v) is 10.6. The molecule has 162 valence electrons. The van der Waals surface area contributed by atoms with E-state index in [4.69, 9.17) is 19.9 Å². The molecule has 30 heavy (non-hydrogen) atoms. The number of esters is 1. The number of nitrogens with two attached hydrogens (primary N) is 1. The second kappa shape index (κ2) is 8.45. The van der Waals surface area contributed by atoms with Gasteiger partial charge in [0, 0.05) is 4.70 Å². The predicted octanol–water partition coefficient (Wildman–Crippen LogP) is 2.98. The maximum absolute atomic E-state index is 13.0. The fourth-order valence-corrected chi connectivity index (χ4v) is 4.30. The Kier molecular flexibility index (Phi) is 6.31. The average molecular weight is 434 g/mol. The van der Waals surface area contributed by atoms with E-state index in [2.05, 4.69) is 0 Å². The molecule has 3 unspecified atom stereocenters. The number of ether oxygens (including phenoxy) is 3. The zero-order chi connectivity index (χ0) is 22.1. The van der Waals surface area contributed by atoms with Crippen LogP contribution >= 0.6 is 11.3 Å². The Labute approximate surface area is 179 Å². The third-order valence-electron chi connectivity index (χ3n) is 5.09. The summed E-state index contributed by atoms with van der Waals surface area (Å²) in [5.74, 6) is -2.06. The quantitative estimate of drug-likeness (QED) is 0.673. The summed E-state index contributed by atoms with van der Waals surface area (Å²) >= 11 is 1.61. The third kappa shape index (κ3) is 4.71. The lowest BCUT2D eigenvalue weighted by atomic mass is 9.89. The summed E-state index contributed by atoms with van der Waals surface area (Å²) in [4.78, 5) is 36.9. The summed E-state index contributed by atoms with van der Waals surface area (Å²) in [6, 6.07) is 7.96. The fraction of sp³-hybridized carbons (Fsp3) is 0.500. The number of amides is 1. The Hall–Kier alpha value is -2.29. The Balaban J connectivity index is 1.76. The van der Waals surface area contributed by atoms with Crippen LogP contribution in [0, 0.1) is 5.41 Å². The van der Waals surface area contributed by atoms with Crippen LogP contribution in [0.15, 0.2) is 29.6 Å². The number of primary amides is 1. The zero-order valence-corrected chi connectivity index (χ0v) is 18.4. The van der Waals surface area contributed by atoms with Gasteiger partial charge >= 0.3 is 5.97 Å².